The molecular formula is C19H20N4S2. The van der Waals surface area contributed by atoms with Crippen LogP contribution >= 0.6 is 23.6 Å². The van der Waals surface area contributed by atoms with E-state index in [0.717, 1.165) is 31.0 Å². The molecule has 0 amide bonds. The summed E-state index contributed by atoms with van der Waals surface area (Å²) in [5.74, 6) is 0.787. The zero-order valence-corrected chi connectivity index (χ0v) is 15.7. The Morgan fingerprint density at radius 3 is 2.96 bits per heavy atom. The van der Waals surface area contributed by atoms with Gasteiger partial charge in [0.25, 0.3) is 0 Å². The minimum atomic E-state index is 0.406. The maximum absolute atomic E-state index is 5.43. The number of fused-ring (bicyclic) bond motifs is 1. The lowest BCUT2D eigenvalue weighted by atomic mass is 10.0. The summed E-state index contributed by atoms with van der Waals surface area (Å²) in [6.45, 7) is 4.05. The monoisotopic (exact) mass is 368 g/mol. The zero-order valence-electron chi connectivity index (χ0n) is 14.1. The van der Waals surface area contributed by atoms with Gasteiger partial charge in [-0.1, -0.05) is 36.4 Å². The molecule has 4 rings (SSSR count). The molecule has 4 nitrogen and oxygen atoms in total. The van der Waals surface area contributed by atoms with Crippen LogP contribution in [0.2, 0.25) is 0 Å². The summed E-state index contributed by atoms with van der Waals surface area (Å²) >= 11 is 7.30. The second-order valence-corrected chi connectivity index (χ2v) is 7.61. The standard InChI is InChI=1S/C19H20N4S2/c1-14-16-10-12-25-17(16)9-11-22(14)13-23-19(24)20-18(21-23)8-7-15-5-3-2-4-6-15/h2-8,10,12,14H,9,11,13H2,1H3,(H,20,21,24). The third-order valence-electron chi connectivity index (χ3n) is 4.66. The Morgan fingerprint density at radius 1 is 1.28 bits per heavy atom. The van der Waals surface area contributed by atoms with Crippen molar-refractivity contribution in [2.24, 2.45) is 0 Å². The molecule has 1 aromatic carbocycles. The van der Waals surface area contributed by atoms with Gasteiger partial charge in [0.1, 0.15) is 5.82 Å². The van der Waals surface area contributed by atoms with E-state index in [4.69, 9.17) is 12.2 Å². The van der Waals surface area contributed by atoms with Crippen LogP contribution in [0.4, 0.5) is 0 Å². The van der Waals surface area contributed by atoms with E-state index >= 15 is 0 Å². The first kappa shape index (κ1) is 16.4. The van der Waals surface area contributed by atoms with E-state index in [9.17, 15) is 0 Å². The largest absolute Gasteiger partial charge is 0.278 e. The van der Waals surface area contributed by atoms with Gasteiger partial charge in [-0.3, -0.25) is 10.00 Å². The van der Waals surface area contributed by atoms with Crippen molar-refractivity contribution in [2.45, 2.75) is 26.1 Å². The first-order valence-corrected chi connectivity index (χ1v) is 9.70. The fourth-order valence-electron chi connectivity index (χ4n) is 3.22. The normalized spacial score (nSPS) is 17.9. The molecule has 128 valence electrons. The Hall–Kier alpha value is -2.02. The fourth-order valence-corrected chi connectivity index (χ4v) is 4.38. The first-order chi connectivity index (χ1) is 12.2. The molecular weight excluding hydrogens is 348 g/mol. The van der Waals surface area contributed by atoms with Crippen LogP contribution in [0.1, 0.15) is 34.8 Å². The van der Waals surface area contributed by atoms with Crippen molar-refractivity contribution in [1.29, 1.82) is 0 Å². The van der Waals surface area contributed by atoms with E-state index in [0.29, 0.717) is 10.8 Å². The number of nitrogens with one attached hydrogen (secondary N) is 1. The molecule has 1 N–H and O–H groups in total. The highest BCUT2D eigenvalue weighted by Gasteiger charge is 2.25. The van der Waals surface area contributed by atoms with Crippen LogP contribution in [0.15, 0.2) is 41.8 Å². The lowest BCUT2D eigenvalue weighted by molar-refractivity contribution is 0.144. The lowest BCUT2D eigenvalue weighted by Crippen LogP contribution is -2.35. The zero-order chi connectivity index (χ0) is 17.2. The molecule has 3 aromatic rings. The molecule has 1 unspecified atom stereocenters. The Kier molecular flexibility index (Phi) is 4.65. The highest BCUT2D eigenvalue weighted by atomic mass is 32.1. The number of benzene rings is 1. The SMILES string of the molecule is CC1c2ccsc2CCN1Cn1[nH]c(C=Cc2ccccc2)nc1=S. The van der Waals surface area contributed by atoms with E-state index in [2.05, 4.69) is 45.5 Å². The van der Waals surface area contributed by atoms with Gasteiger partial charge >= 0.3 is 0 Å². The highest BCUT2D eigenvalue weighted by Crippen LogP contribution is 2.32. The molecule has 0 fully saturated rings. The van der Waals surface area contributed by atoms with Crippen LogP contribution in [0.25, 0.3) is 12.2 Å². The van der Waals surface area contributed by atoms with Gasteiger partial charge < -0.3 is 0 Å². The van der Waals surface area contributed by atoms with Crippen molar-refractivity contribution in [2.75, 3.05) is 6.54 Å². The molecule has 0 bridgehead atoms. The second kappa shape index (κ2) is 7.07. The predicted molar refractivity (Wildman–Crippen MR) is 106 cm³/mol. The maximum atomic E-state index is 5.43. The van der Waals surface area contributed by atoms with Gasteiger partial charge in [0, 0.05) is 17.5 Å². The fraction of sp³-hybridized carbons (Fsp3) is 0.263. The summed E-state index contributed by atoms with van der Waals surface area (Å²) in [6.07, 6.45) is 5.12. The van der Waals surface area contributed by atoms with Crippen molar-refractivity contribution in [3.05, 3.63) is 68.4 Å². The quantitative estimate of drug-likeness (QED) is 0.675. The summed E-state index contributed by atoms with van der Waals surface area (Å²) in [5, 5.41) is 5.51. The van der Waals surface area contributed by atoms with E-state index in [1.807, 2.05) is 46.4 Å². The molecule has 3 heterocycles. The van der Waals surface area contributed by atoms with E-state index < -0.39 is 0 Å². The lowest BCUT2D eigenvalue weighted by Gasteiger charge is -2.33. The second-order valence-electron chi connectivity index (χ2n) is 6.24. The molecule has 1 aliphatic rings. The van der Waals surface area contributed by atoms with Crippen molar-refractivity contribution in [3.8, 4) is 0 Å². The highest BCUT2D eigenvalue weighted by molar-refractivity contribution is 7.71. The Bertz CT molecular complexity index is 936. The summed E-state index contributed by atoms with van der Waals surface area (Å²) in [6, 6.07) is 12.8. The number of thiophene rings is 1. The molecule has 0 saturated heterocycles. The van der Waals surface area contributed by atoms with E-state index in [1.54, 1.807) is 0 Å². The minimum absolute atomic E-state index is 0.406. The topological polar surface area (TPSA) is 36.9 Å². The van der Waals surface area contributed by atoms with Gasteiger partial charge in [-0.25, -0.2) is 4.68 Å². The van der Waals surface area contributed by atoms with Crippen molar-refractivity contribution in [3.63, 3.8) is 0 Å². The van der Waals surface area contributed by atoms with Crippen LogP contribution in [-0.4, -0.2) is 26.2 Å². The molecule has 6 heteroatoms. The number of hydrogen-bond donors (Lipinski definition) is 1. The molecule has 1 aliphatic heterocycles. The van der Waals surface area contributed by atoms with E-state index in [1.165, 1.54) is 10.4 Å². The van der Waals surface area contributed by atoms with Crippen LogP contribution < -0.4 is 0 Å². The molecule has 0 radical (unpaired) electrons. The van der Waals surface area contributed by atoms with Crippen LogP contribution in [-0.2, 0) is 13.1 Å². The van der Waals surface area contributed by atoms with Gasteiger partial charge in [0.2, 0.25) is 4.77 Å². The van der Waals surface area contributed by atoms with Gasteiger partial charge in [0.15, 0.2) is 0 Å². The van der Waals surface area contributed by atoms with Gasteiger partial charge in [0.05, 0.1) is 6.67 Å². The molecule has 2 aromatic heterocycles. The van der Waals surface area contributed by atoms with Crippen LogP contribution in [0.5, 0.6) is 0 Å². The number of H-pyrrole nitrogens is 1. The predicted octanol–water partition coefficient (Wildman–Crippen LogP) is 4.75. The van der Waals surface area contributed by atoms with Crippen molar-refractivity contribution < 1.29 is 0 Å². The van der Waals surface area contributed by atoms with Gasteiger partial charge in [-0.2, -0.15) is 4.98 Å². The third-order valence-corrected chi connectivity index (χ3v) is 5.96. The third kappa shape index (κ3) is 3.51. The number of aromatic amines is 1. The summed E-state index contributed by atoms with van der Waals surface area (Å²) in [5.41, 5.74) is 2.59. The minimum Gasteiger partial charge on any atom is -0.278 e. The molecule has 25 heavy (non-hydrogen) atoms. The molecule has 0 saturated carbocycles. The van der Waals surface area contributed by atoms with Gasteiger partial charge in [-0.15, -0.1) is 11.3 Å². The Morgan fingerprint density at radius 2 is 2.12 bits per heavy atom. The number of aromatic nitrogens is 3. The van der Waals surface area contributed by atoms with E-state index in [-0.39, 0.29) is 0 Å². The molecule has 1 atom stereocenters. The maximum Gasteiger partial charge on any atom is 0.217 e. The Balaban J connectivity index is 1.50. The molecule has 0 spiro atoms. The van der Waals surface area contributed by atoms with Crippen molar-refractivity contribution >= 4 is 35.7 Å². The first-order valence-electron chi connectivity index (χ1n) is 8.41. The van der Waals surface area contributed by atoms with Crippen LogP contribution in [0.3, 0.4) is 0 Å². The average molecular weight is 369 g/mol. The Labute approximate surface area is 156 Å². The summed E-state index contributed by atoms with van der Waals surface area (Å²) in [7, 11) is 0. The van der Waals surface area contributed by atoms with Crippen LogP contribution in [0, 0.1) is 4.77 Å². The average Bonchev–Trinajstić information content (AvgIpc) is 3.24. The smallest absolute Gasteiger partial charge is 0.217 e. The number of rotatable bonds is 4. The number of hydrogen-bond acceptors (Lipinski definition) is 4. The summed E-state index contributed by atoms with van der Waals surface area (Å²) in [4.78, 5) is 8.42. The summed E-state index contributed by atoms with van der Waals surface area (Å²) < 4.78 is 2.55. The van der Waals surface area contributed by atoms with Crippen molar-refractivity contribution in [1.82, 2.24) is 19.7 Å². The number of nitrogens with zero attached hydrogens (tertiary/aromatic N) is 3. The van der Waals surface area contributed by atoms with Gasteiger partial charge in [-0.05, 0) is 54.2 Å². The molecule has 0 aliphatic carbocycles.